The molecule has 4 nitrogen and oxygen atoms in total. The average Bonchev–Trinajstić information content (AvgIpc) is 3.34. The summed E-state index contributed by atoms with van der Waals surface area (Å²) in [7, 11) is -1.96. The Morgan fingerprint density at radius 3 is 2.29 bits per heavy atom. The number of allylic oxidation sites excluding steroid dienone is 5. The van der Waals surface area contributed by atoms with E-state index in [4.69, 9.17) is 9.88 Å². The highest BCUT2D eigenvalue weighted by Crippen LogP contribution is 2.62. The lowest BCUT2D eigenvalue weighted by Crippen LogP contribution is -2.11. The van der Waals surface area contributed by atoms with Crippen LogP contribution < -0.4 is 5.14 Å². The molecule has 1 fully saturated rings. The van der Waals surface area contributed by atoms with Gasteiger partial charge < -0.3 is 4.74 Å². The maximum Gasteiger partial charge on any atom is 0.238 e. The zero-order valence-corrected chi connectivity index (χ0v) is 17.9. The van der Waals surface area contributed by atoms with Crippen LogP contribution in [0.4, 0.5) is 0 Å². The number of methoxy groups -OCH3 is 1. The molecule has 0 bridgehead atoms. The summed E-state index contributed by atoms with van der Waals surface area (Å²) in [5.41, 5.74) is 5.53. The van der Waals surface area contributed by atoms with Crippen LogP contribution in [0, 0.1) is 5.41 Å². The first kappa shape index (κ1) is 22.2. The third kappa shape index (κ3) is 5.03. The van der Waals surface area contributed by atoms with Crippen LogP contribution in [0.25, 0.3) is 5.57 Å². The van der Waals surface area contributed by atoms with E-state index in [9.17, 15) is 8.42 Å². The highest BCUT2D eigenvalue weighted by molar-refractivity contribution is 7.89. The minimum atomic E-state index is -3.65. The Labute approximate surface area is 169 Å². The Bertz CT molecular complexity index is 902. The van der Waals surface area contributed by atoms with E-state index < -0.39 is 10.0 Å². The fourth-order valence-corrected chi connectivity index (χ4v) is 4.40. The average molecular weight is 402 g/mol. The van der Waals surface area contributed by atoms with Gasteiger partial charge in [-0.2, -0.15) is 0 Å². The highest BCUT2D eigenvalue weighted by Gasteiger charge is 2.47. The Hall–Kier alpha value is -2.11. The smallest absolute Gasteiger partial charge is 0.238 e. The summed E-state index contributed by atoms with van der Waals surface area (Å²) in [5.74, 6) is 0.906. The maximum absolute atomic E-state index is 11.5. The predicted molar refractivity (Wildman–Crippen MR) is 116 cm³/mol. The van der Waals surface area contributed by atoms with Crippen LogP contribution in [0.15, 0.2) is 71.4 Å². The number of hydrogen-bond donors (Lipinski definition) is 1. The van der Waals surface area contributed by atoms with Crippen LogP contribution >= 0.6 is 0 Å². The van der Waals surface area contributed by atoms with Gasteiger partial charge in [-0.3, -0.25) is 0 Å². The molecule has 152 valence electrons. The summed E-state index contributed by atoms with van der Waals surface area (Å²) in [6.45, 7) is 10.0. The molecule has 5 heteroatoms. The third-order valence-electron chi connectivity index (χ3n) is 5.58. The Kier molecular flexibility index (Phi) is 7.07. The molecule has 0 aliphatic heterocycles. The highest BCUT2D eigenvalue weighted by atomic mass is 32.2. The van der Waals surface area contributed by atoms with Gasteiger partial charge in [0.05, 0.1) is 12.0 Å². The Morgan fingerprint density at radius 1 is 1.21 bits per heavy atom. The van der Waals surface area contributed by atoms with Crippen LogP contribution in [-0.2, 0) is 14.8 Å². The monoisotopic (exact) mass is 401 g/mol. The molecule has 1 saturated carbocycles. The van der Waals surface area contributed by atoms with Gasteiger partial charge in [0, 0.05) is 0 Å². The summed E-state index contributed by atoms with van der Waals surface area (Å²) in [4.78, 5) is 0.163. The fraction of sp³-hybridized carbons (Fsp3) is 0.391. The van der Waals surface area contributed by atoms with E-state index >= 15 is 0 Å². The van der Waals surface area contributed by atoms with Crippen LogP contribution in [0.3, 0.4) is 0 Å². The number of nitrogens with two attached hydrogens (primary N) is 1. The van der Waals surface area contributed by atoms with Crippen molar-refractivity contribution in [1.82, 2.24) is 0 Å². The normalized spacial score (nSPS) is 18.7. The topological polar surface area (TPSA) is 69.4 Å². The minimum absolute atomic E-state index is 0.163. The van der Waals surface area contributed by atoms with E-state index in [0.29, 0.717) is 5.41 Å². The second-order valence-corrected chi connectivity index (χ2v) is 9.01. The molecule has 2 aliphatic carbocycles. The largest absolute Gasteiger partial charge is 0.497 e. The first-order valence-electron chi connectivity index (χ1n) is 9.49. The van der Waals surface area contributed by atoms with Gasteiger partial charge in [-0.05, 0) is 86.3 Å². The van der Waals surface area contributed by atoms with Crippen molar-refractivity contribution in [2.75, 3.05) is 7.11 Å². The third-order valence-corrected chi connectivity index (χ3v) is 6.51. The molecule has 0 aromatic heterocycles. The molecule has 0 heterocycles. The summed E-state index contributed by atoms with van der Waals surface area (Å²) in [6, 6.07) is 6.99. The molecule has 0 atom stereocenters. The molecular weight excluding hydrogens is 370 g/mol. The second-order valence-electron chi connectivity index (χ2n) is 7.45. The van der Waals surface area contributed by atoms with Gasteiger partial charge in [-0.25, -0.2) is 13.6 Å². The number of benzene rings is 1. The van der Waals surface area contributed by atoms with Crippen LogP contribution in [0.2, 0.25) is 0 Å². The van der Waals surface area contributed by atoms with Crippen molar-refractivity contribution >= 4 is 15.6 Å². The molecule has 1 aromatic carbocycles. The first-order valence-corrected chi connectivity index (χ1v) is 11.0. The van der Waals surface area contributed by atoms with E-state index in [0.717, 1.165) is 36.2 Å². The lowest BCUT2D eigenvalue weighted by Gasteiger charge is -2.09. The molecule has 0 saturated heterocycles. The van der Waals surface area contributed by atoms with Gasteiger partial charge in [0.15, 0.2) is 0 Å². The van der Waals surface area contributed by atoms with Crippen molar-refractivity contribution in [1.29, 1.82) is 0 Å². The Balaban J connectivity index is 0.00000136. The van der Waals surface area contributed by atoms with Crippen molar-refractivity contribution in [2.45, 2.75) is 50.8 Å². The van der Waals surface area contributed by atoms with Crippen molar-refractivity contribution in [3.63, 3.8) is 0 Å². The maximum atomic E-state index is 11.5. The molecule has 0 radical (unpaired) electrons. The van der Waals surface area contributed by atoms with Gasteiger partial charge in [-0.1, -0.05) is 23.8 Å². The van der Waals surface area contributed by atoms with Crippen molar-refractivity contribution in [3.8, 4) is 0 Å². The van der Waals surface area contributed by atoms with E-state index in [1.54, 1.807) is 19.2 Å². The molecule has 28 heavy (non-hydrogen) atoms. The van der Waals surface area contributed by atoms with Gasteiger partial charge in [-0.15, -0.1) is 13.2 Å². The summed E-state index contributed by atoms with van der Waals surface area (Å²) in [5, 5.41) is 5.21. The molecule has 1 spiro atoms. The fourth-order valence-electron chi connectivity index (χ4n) is 3.88. The molecular formula is C23H31NO3S. The van der Waals surface area contributed by atoms with Crippen molar-refractivity contribution in [3.05, 3.63) is 72.0 Å². The Morgan fingerprint density at radius 2 is 1.82 bits per heavy atom. The summed E-state index contributed by atoms with van der Waals surface area (Å²) >= 11 is 0. The van der Waals surface area contributed by atoms with Crippen LogP contribution in [0.1, 0.15) is 51.5 Å². The zero-order chi connectivity index (χ0) is 20.9. The molecule has 3 rings (SSSR count). The van der Waals surface area contributed by atoms with Crippen LogP contribution in [0.5, 0.6) is 0 Å². The van der Waals surface area contributed by atoms with Gasteiger partial charge in [0.2, 0.25) is 10.0 Å². The lowest BCUT2D eigenvalue weighted by molar-refractivity contribution is 0.300. The zero-order valence-electron chi connectivity index (χ0n) is 17.1. The number of rotatable bonds is 6. The molecule has 2 aliphatic rings. The van der Waals surface area contributed by atoms with Gasteiger partial charge in [0.25, 0.3) is 0 Å². The van der Waals surface area contributed by atoms with E-state index in [1.807, 2.05) is 25.1 Å². The molecule has 1 aromatic rings. The van der Waals surface area contributed by atoms with E-state index in [1.165, 1.54) is 24.0 Å². The SMILES string of the molecule is C/C=C(OC)\C(C)=C/CC1=C(c2ccc(S(N)(=O)=O)cc2)CC2(CC2)C1.C=C. The lowest BCUT2D eigenvalue weighted by atomic mass is 9.99. The van der Waals surface area contributed by atoms with Crippen molar-refractivity contribution in [2.24, 2.45) is 10.6 Å². The standard InChI is InChI=1S/C21H27NO3S.C2H4/c1-4-20(25-3)15(2)5-6-17-13-21(11-12-21)14-19(17)16-7-9-18(10-8-16)26(22,23)24;1-2/h4-5,7-10H,6,11-14H2,1-3H3,(H2,22,23,24);1-2H2/b15-5-,20-4+;. The van der Waals surface area contributed by atoms with E-state index in [2.05, 4.69) is 26.2 Å². The number of hydrogen-bond acceptors (Lipinski definition) is 3. The first-order chi connectivity index (χ1) is 13.3. The van der Waals surface area contributed by atoms with Crippen LogP contribution in [-0.4, -0.2) is 15.5 Å². The molecule has 0 unspecified atom stereocenters. The number of ether oxygens (including phenoxy) is 1. The van der Waals surface area contributed by atoms with Gasteiger partial charge in [0.1, 0.15) is 5.76 Å². The quantitative estimate of drug-likeness (QED) is 0.397. The van der Waals surface area contributed by atoms with Gasteiger partial charge >= 0.3 is 0 Å². The molecule has 2 N–H and O–H groups in total. The molecule has 0 amide bonds. The summed E-state index contributed by atoms with van der Waals surface area (Å²) in [6.07, 6.45) is 9.91. The number of primary sulfonamides is 1. The minimum Gasteiger partial charge on any atom is -0.497 e. The summed E-state index contributed by atoms with van der Waals surface area (Å²) < 4.78 is 28.4. The second kappa shape index (κ2) is 8.93. The van der Waals surface area contributed by atoms with Crippen molar-refractivity contribution < 1.29 is 13.2 Å². The predicted octanol–water partition coefficient (Wildman–Crippen LogP) is 5.35. The number of sulfonamides is 1. The van der Waals surface area contributed by atoms with E-state index in [-0.39, 0.29) is 4.90 Å².